The van der Waals surface area contributed by atoms with Gasteiger partial charge in [-0.15, -0.1) is 0 Å². The van der Waals surface area contributed by atoms with Crippen LogP contribution < -0.4 is 29.5 Å². The van der Waals surface area contributed by atoms with Crippen LogP contribution >= 0.6 is 0 Å². The van der Waals surface area contributed by atoms with Crippen molar-refractivity contribution in [1.29, 1.82) is 0 Å². The van der Waals surface area contributed by atoms with Crippen LogP contribution in [0.15, 0.2) is 84.9 Å². The van der Waals surface area contributed by atoms with Crippen LogP contribution in [0.1, 0.15) is 104 Å². The van der Waals surface area contributed by atoms with Gasteiger partial charge in [-0.3, -0.25) is 0 Å². The zero-order valence-electron chi connectivity index (χ0n) is 36.7. The highest BCUT2D eigenvalue weighted by atomic mass is 16.5. The van der Waals surface area contributed by atoms with Crippen molar-refractivity contribution in [2.45, 2.75) is 87.7 Å². The summed E-state index contributed by atoms with van der Waals surface area (Å²) in [5.74, 6) is 7.99. The molecule has 0 amide bonds. The average Bonchev–Trinajstić information content (AvgIpc) is 4.27. The Kier molecular flexibility index (Phi) is 11.5. The van der Waals surface area contributed by atoms with Gasteiger partial charge in [-0.1, -0.05) is 36.4 Å². The molecule has 10 rings (SSSR count). The van der Waals surface area contributed by atoms with Crippen molar-refractivity contribution < 1.29 is 14.2 Å². The van der Waals surface area contributed by atoms with E-state index in [2.05, 4.69) is 112 Å². The maximum atomic E-state index is 6.16. The Bertz CT molecular complexity index is 2530. The molecule has 2 saturated carbocycles. The van der Waals surface area contributed by atoms with Gasteiger partial charge in [0.1, 0.15) is 41.0 Å². The average molecular weight is 833 g/mol. The minimum Gasteiger partial charge on any atom is -0.496 e. The molecule has 1 N–H and O–H groups in total. The molecule has 0 spiro atoms. The van der Waals surface area contributed by atoms with Crippen molar-refractivity contribution in [2.24, 2.45) is 0 Å². The van der Waals surface area contributed by atoms with Crippen molar-refractivity contribution in [2.75, 3.05) is 81.1 Å². The van der Waals surface area contributed by atoms with E-state index in [4.69, 9.17) is 34.1 Å². The Morgan fingerprint density at radius 3 is 1.60 bits per heavy atom. The number of nitrogens with zero attached hydrogens (tertiary/aromatic N) is 7. The summed E-state index contributed by atoms with van der Waals surface area (Å²) in [5.41, 5.74) is 6.81. The van der Waals surface area contributed by atoms with Crippen molar-refractivity contribution in [1.82, 2.24) is 19.9 Å². The summed E-state index contributed by atoms with van der Waals surface area (Å²) in [6.45, 7) is 4.52. The second kappa shape index (κ2) is 17.6. The zero-order valence-corrected chi connectivity index (χ0v) is 36.7. The molecule has 11 heteroatoms. The van der Waals surface area contributed by atoms with Crippen LogP contribution in [0.4, 0.5) is 23.0 Å². The lowest BCUT2D eigenvalue weighted by atomic mass is 9.88. The number of benzene rings is 4. The number of ether oxygens (including phenoxy) is 3. The van der Waals surface area contributed by atoms with E-state index in [-0.39, 0.29) is 6.23 Å². The molecule has 1 atom stereocenters. The van der Waals surface area contributed by atoms with E-state index < -0.39 is 0 Å². The minimum atomic E-state index is -0.142. The minimum absolute atomic E-state index is 0.142. The Hall–Kier alpha value is -5.68. The fraction of sp³-hybridized carbons (Fsp3) is 0.451. The van der Waals surface area contributed by atoms with Gasteiger partial charge < -0.3 is 34.2 Å². The quantitative estimate of drug-likeness (QED) is 0.100. The lowest BCUT2D eigenvalue weighted by molar-refractivity contribution is 0.0989. The van der Waals surface area contributed by atoms with Crippen molar-refractivity contribution >= 4 is 44.8 Å². The molecule has 2 aromatic heterocycles. The molecule has 2 aliphatic carbocycles. The van der Waals surface area contributed by atoms with Crippen molar-refractivity contribution in [3.05, 3.63) is 108 Å². The van der Waals surface area contributed by atoms with Gasteiger partial charge in [-0.05, 0) is 123 Å². The lowest BCUT2D eigenvalue weighted by Crippen LogP contribution is -2.35. The van der Waals surface area contributed by atoms with Gasteiger partial charge in [0.25, 0.3) is 0 Å². The maximum Gasteiger partial charge on any atom is 0.140 e. The number of nitrogens with one attached hydrogen (secondary N) is 1. The van der Waals surface area contributed by atoms with Crippen LogP contribution in [0.3, 0.4) is 0 Å². The second-order valence-corrected chi connectivity index (χ2v) is 17.8. The summed E-state index contributed by atoms with van der Waals surface area (Å²) < 4.78 is 17.6. The summed E-state index contributed by atoms with van der Waals surface area (Å²) in [6, 6.07) is 30.2. The molecule has 6 aromatic rings. The summed E-state index contributed by atoms with van der Waals surface area (Å²) in [6.07, 6.45) is 9.57. The molecule has 11 nitrogen and oxygen atoms in total. The standard InChI is InChI=1S/C51H60N8O3/c1-57(38-18-20-44-42(32-38)51(56-49(54-44)36-15-16-36)59-29-24-34(25-30-59)40-10-6-8-12-46(40)61-3)47(62-4)21-26-52-37-17-19-43-41(31-37)50(55-48(53-43)35-13-14-35)58-27-22-33(23-28-58)39-9-5-7-11-45(39)60-2/h5-12,17-20,31-36,47,52H,13-16,21-30H2,1-4H3. The molecule has 2 aliphatic heterocycles. The van der Waals surface area contributed by atoms with E-state index >= 15 is 0 Å². The van der Waals surface area contributed by atoms with Crippen LogP contribution in [-0.2, 0) is 4.74 Å². The first-order valence-corrected chi connectivity index (χ1v) is 22.9. The van der Waals surface area contributed by atoms with Crippen LogP contribution in [0.2, 0.25) is 0 Å². The smallest absolute Gasteiger partial charge is 0.140 e. The predicted octanol–water partition coefficient (Wildman–Crippen LogP) is 10.0. The third kappa shape index (κ3) is 8.31. The topological polar surface area (TPSA) is 101 Å². The van der Waals surface area contributed by atoms with Gasteiger partial charge in [-0.25, -0.2) is 19.9 Å². The van der Waals surface area contributed by atoms with Gasteiger partial charge >= 0.3 is 0 Å². The van der Waals surface area contributed by atoms with E-state index in [0.717, 1.165) is 133 Å². The number of para-hydroxylation sites is 2. The monoisotopic (exact) mass is 832 g/mol. The summed E-state index contributed by atoms with van der Waals surface area (Å²) in [7, 11) is 7.47. The summed E-state index contributed by atoms with van der Waals surface area (Å²) in [4.78, 5) is 27.9. The third-order valence-electron chi connectivity index (χ3n) is 13.8. The van der Waals surface area contributed by atoms with Gasteiger partial charge in [-0.2, -0.15) is 0 Å². The van der Waals surface area contributed by atoms with Gasteiger partial charge in [0.2, 0.25) is 0 Å². The molecule has 4 aromatic carbocycles. The Balaban J connectivity index is 0.834. The number of hydrogen-bond acceptors (Lipinski definition) is 11. The number of hydrogen-bond donors (Lipinski definition) is 1. The predicted molar refractivity (Wildman–Crippen MR) is 250 cm³/mol. The van der Waals surface area contributed by atoms with Crippen LogP contribution in [0.25, 0.3) is 21.8 Å². The van der Waals surface area contributed by atoms with Crippen LogP contribution in [0, 0.1) is 0 Å². The lowest BCUT2D eigenvalue weighted by Gasteiger charge is -2.34. The molecule has 4 fully saturated rings. The highest BCUT2D eigenvalue weighted by molar-refractivity contribution is 5.93. The van der Waals surface area contributed by atoms with E-state index in [9.17, 15) is 0 Å². The number of rotatable bonds is 15. The highest BCUT2D eigenvalue weighted by Gasteiger charge is 2.32. The van der Waals surface area contributed by atoms with Crippen molar-refractivity contribution in [3.63, 3.8) is 0 Å². The zero-order chi connectivity index (χ0) is 42.2. The van der Waals surface area contributed by atoms with E-state index in [1.807, 2.05) is 0 Å². The highest BCUT2D eigenvalue weighted by Crippen LogP contribution is 2.44. The van der Waals surface area contributed by atoms with Crippen LogP contribution in [0.5, 0.6) is 11.5 Å². The molecule has 4 heterocycles. The number of methoxy groups -OCH3 is 3. The second-order valence-electron chi connectivity index (χ2n) is 17.8. The SMILES string of the molecule is COc1ccccc1C1CCN(c2nc(C3CC3)nc3ccc(NCCC(OC)N(C)c4ccc5nc(C6CC6)nc(N6CCC(c7ccccc7OC)CC6)c5c4)cc23)CC1. The summed E-state index contributed by atoms with van der Waals surface area (Å²) in [5, 5.41) is 5.94. The van der Waals surface area contributed by atoms with E-state index in [1.54, 1.807) is 21.3 Å². The number of fused-ring (bicyclic) bond motifs is 2. The molecule has 1 unspecified atom stereocenters. The van der Waals surface area contributed by atoms with Crippen molar-refractivity contribution in [3.8, 4) is 11.5 Å². The number of aromatic nitrogens is 4. The normalized spacial score (nSPS) is 18.0. The number of piperidine rings is 2. The molecular weight excluding hydrogens is 773 g/mol. The molecular formula is C51H60N8O3. The molecule has 2 saturated heterocycles. The Labute approximate surface area is 365 Å². The largest absolute Gasteiger partial charge is 0.496 e. The van der Waals surface area contributed by atoms with E-state index in [1.165, 1.54) is 36.8 Å². The Morgan fingerprint density at radius 2 is 1.10 bits per heavy atom. The maximum absolute atomic E-state index is 6.16. The fourth-order valence-corrected chi connectivity index (χ4v) is 9.90. The van der Waals surface area contributed by atoms with Gasteiger partial charge in [0.05, 0.1) is 25.3 Å². The Morgan fingerprint density at radius 1 is 0.597 bits per heavy atom. The van der Waals surface area contributed by atoms with Gasteiger partial charge in [0.15, 0.2) is 0 Å². The molecule has 4 aliphatic rings. The summed E-state index contributed by atoms with van der Waals surface area (Å²) >= 11 is 0. The molecule has 0 bridgehead atoms. The first kappa shape index (κ1) is 40.4. The number of anilines is 4. The van der Waals surface area contributed by atoms with Gasteiger partial charge in [0, 0.05) is 87.3 Å². The third-order valence-corrected chi connectivity index (χ3v) is 13.8. The molecule has 62 heavy (non-hydrogen) atoms. The molecule has 322 valence electrons. The van der Waals surface area contributed by atoms with E-state index in [0.29, 0.717) is 23.7 Å². The van der Waals surface area contributed by atoms with Crippen LogP contribution in [-0.4, -0.2) is 87.3 Å². The fourth-order valence-electron chi connectivity index (χ4n) is 9.90. The first-order valence-electron chi connectivity index (χ1n) is 22.9. The first-order chi connectivity index (χ1) is 30.5. The molecule has 0 radical (unpaired) electrons.